The number of nitrogens with zero attached hydrogens (tertiary/aromatic N) is 2. The van der Waals surface area contributed by atoms with Crippen molar-refractivity contribution in [3.63, 3.8) is 0 Å². The molecule has 134 valence electrons. The Morgan fingerprint density at radius 3 is 2.77 bits per heavy atom. The van der Waals surface area contributed by atoms with Gasteiger partial charge < -0.3 is 5.73 Å². The maximum absolute atomic E-state index is 13.2. The van der Waals surface area contributed by atoms with E-state index in [0.717, 1.165) is 17.3 Å². The van der Waals surface area contributed by atoms with Crippen LogP contribution in [0.1, 0.15) is 6.92 Å². The van der Waals surface area contributed by atoms with Gasteiger partial charge in [-0.15, -0.1) is 17.9 Å². The van der Waals surface area contributed by atoms with Gasteiger partial charge >= 0.3 is 0 Å². The molecule has 1 amide bonds. The summed E-state index contributed by atoms with van der Waals surface area (Å²) in [4.78, 5) is 29.6. The highest BCUT2D eigenvalue weighted by atomic mass is 32.2. The zero-order chi connectivity index (χ0) is 18.8. The highest BCUT2D eigenvalue weighted by Crippen LogP contribution is 2.33. The van der Waals surface area contributed by atoms with Gasteiger partial charge in [-0.2, -0.15) is 0 Å². The quantitative estimate of drug-likeness (QED) is 0.398. The highest BCUT2D eigenvalue weighted by molar-refractivity contribution is 8.00. The van der Waals surface area contributed by atoms with E-state index >= 15 is 0 Å². The van der Waals surface area contributed by atoms with Gasteiger partial charge in [0.2, 0.25) is 5.91 Å². The van der Waals surface area contributed by atoms with E-state index in [9.17, 15) is 14.0 Å². The molecule has 0 aliphatic heterocycles. The second-order valence-corrected chi connectivity index (χ2v) is 7.76. The van der Waals surface area contributed by atoms with Crippen LogP contribution in [-0.4, -0.2) is 20.7 Å². The molecular weight excluding hydrogens is 373 g/mol. The first-order valence-electron chi connectivity index (χ1n) is 7.77. The summed E-state index contributed by atoms with van der Waals surface area (Å²) in [6.45, 7) is 5.61. The Labute approximate surface area is 157 Å². The molecule has 2 heterocycles. The topological polar surface area (TPSA) is 78.0 Å². The molecule has 3 aromatic rings. The molecule has 0 fully saturated rings. The van der Waals surface area contributed by atoms with Gasteiger partial charge in [0.25, 0.3) is 5.56 Å². The molecule has 1 atom stereocenters. The van der Waals surface area contributed by atoms with Crippen LogP contribution in [0.15, 0.2) is 52.3 Å². The van der Waals surface area contributed by atoms with E-state index in [0.29, 0.717) is 20.9 Å². The molecule has 0 radical (unpaired) electrons. The van der Waals surface area contributed by atoms with E-state index in [1.807, 2.05) is 5.38 Å². The van der Waals surface area contributed by atoms with Gasteiger partial charge in [0.15, 0.2) is 5.16 Å². The Bertz CT molecular complexity index is 1040. The summed E-state index contributed by atoms with van der Waals surface area (Å²) in [7, 11) is 0. The number of benzene rings is 1. The zero-order valence-corrected chi connectivity index (χ0v) is 15.6. The van der Waals surface area contributed by atoms with Gasteiger partial charge in [-0.05, 0) is 24.6 Å². The van der Waals surface area contributed by atoms with Crippen LogP contribution in [0.25, 0.3) is 21.3 Å². The summed E-state index contributed by atoms with van der Waals surface area (Å²) >= 11 is 2.47. The number of nitrogens with two attached hydrogens (primary N) is 1. The number of aromatic nitrogens is 2. The van der Waals surface area contributed by atoms with Crippen molar-refractivity contribution in [3.05, 3.63) is 58.5 Å². The van der Waals surface area contributed by atoms with Crippen molar-refractivity contribution < 1.29 is 9.18 Å². The van der Waals surface area contributed by atoms with Crippen LogP contribution in [0.4, 0.5) is 4.39 Å². The molecular formula is C18H16FN3O2S2. The van der Waals surface area contributed by atoms with Gasteiger partial charge in [0.05, 0.1) is 10.6 Å². The highest BCUT2D eigenvalue weighted by Gasteiger charge is 2.20. The van der Waals surface area contributed by atoms with Crippen LogP contribution in [-0.2, 0) is 11.3 Å². The Morgan fingerprint density at radius 2 is 2.15 bits per heavy atom. The first-order chi connectivity index (χ1) is 12.4. The summed E-state index contributed by atoms with van der Waals surface area (Å²) in [5.41, 5.74) is 6.55. The lowest BCUT2D eigenvalue weighted by Gasteiger charge is -2.13. The molecule has 3 rings (SSSR count). The summed E-state index contributed by atoms with van der Waals surface area (Å²) in [5, 5.41) is 2.20. The summed E-state index contributed by atoms with van der Waals surface area (Å²) < 4.78 is 14.7. The summed E-state index contributed by atoms with van der Waals surface area (Å²) in [6.07, 6.45) is 1.60. The van der Waals surface area contributed by atoms with Crippen molar-refractivity contribution in [2.24, 2.45) is 5.73 Å². The van der Waals surface area contributed by atoms with Crippen LogP contribution in [0.3, 0.4) is 0 Å². The SMILES string of the molecule is C=CCn1c(SC(C)C(N)=O)nc2scc(-c3ccc(F)cc3)c2c1=O. The molecule has 0 aliphatic rings. The third-order valence-corrected chi connectivity index (χ3v) is 5.79. The molecule has 1 aromatic carbocycles. The molecule has 26 heavy (non-hydrogen) atoms. The second kappa shape index (κ2) is 7.43. The maximum atomic E-state index is 13.2. The largest absolute Gasteiger partial charge is 0.369 e. The number of amides is 1. The predicted molar refractivity (Wildman–Crippen MR) is 104 cm³/mol. The zero-order valence-electron chi connectivity index (χ0n) is 13.9. The number of halogens is 1. The number of carbonyl (C=O) groups excluding carboxylic acids is 1. The first kappa shape index (κ1) is 18.3. The minimum Gasteiger partial charge on any atom is -0.369 e. The lowest BCUT2D eigenvalue weighted by atomic mass is 10.1. The van der Waals surface area contributed by atoms with Crippen LogP contribution in [0.5, 0.6) is 0 Å². The Kier molecular flexibility index (Phi) is 5.24. The molecule has 0 aliphatic carbocycles. The number of hydrogen-bond donors (Lipinski definition) is 1. The Balaban J connectivity index is 2.20. The maximum Gasteiger partial charge on any atom is 0.263 e. The number of allylic oxidation sites excluding steroid dienone is 1. The normalized spacial score (nSPS) is 12.2. The average Bonchev–Trinajstić information content (AvgIpc) is 3.03. The van der Waals surface area contributed by atoms with Crippen molar-refractivity contribution in [1.82, 2.24) is 9.55 Å². The van der Waals surface area contributed by atoms with Crippen molar-refractivity contribution in [3.8, 4) is 11.1 Å². The van der Waals surface area contributed by atoms with E-state index in [4.69, 9.17) is 5.73 Å². The number of primary amides is 1. The van der Waals surface area contributed by atoms with Gasteiger partial charge in [-0.3, -0.25) is 14.2 Å². The summed E-state index contributed by atoms with van der Waals surface area (Å²) in [6, 6.07) is 5.97. The van der Waals surface area contributed by atoms with Crippen LogP contribution < -0.4 is 11.3 Å². The van der Waals surface area contributed by atoms with Crippen molar-refractivity contribution in [2.45, 2.75) is 23.9 Å². The molecule has 0 saturated heterocycles. The number of thioether (sulfide) groups is 1. The lowest BCUT2D eigenvalue weighted by Crippen LogP contribution is -2.26. The molecule has 2 aromatic heterocycles. The molecule has 5 nitrogen and oxygen atoms in total. The Hall–Kier alpha value is -2.45. The van der Waals surface area contributed by atoms with Crippen molar-refractivity contribution in [2.75, 3.05) is 0 Å². The van der Waals surface area contributed by atoms with Gasteiger partial charge in [0.1, 0.15) is 10.6 Å². The first-order valence-corrected chi connectivity index (χ1v) is 9.53. The van der Waals surface area contributed by atoms with Gasteiger partial charge in [-0.1, -0.05) is 30.0 Å². The fraction of sp³-hybridized carbons (Fsp3) is 0.167. The third-order valence-electron chi connectivity index (χ3n) is 3.81. The molecule has 0 bridgehead atoms. The van der Waals surface area contributed by atoms with Crippen LogP contribution in [0.2, 0.25) is 0 Å². The Morgan fingerprint density at radius 1 is 1.46 bits per heavy atom. The number of thiophene rings is 1. The number of carbonyl (C=O) groups is 1. The van der Waals surface area contributed by atoms with Gasteiger partial charge in [0, 0.05) is 17.5 Å². The lowest BCUT2D eigenvalue weighted by molar-refractivity contribution is -0.117. The molecule has 0 saturated carbocycles. The fourth-order valence-corrected chi connectivity index (χ4v) is 4.30. The van der Waals surface area contributed by atoms with E-state index < -0.39 is 11.2 Å². The smallest absolute Gasteiger partial charge is 0.263 e. The minimum absolute atomic E-state index is 0.227. The number of hydrogen-bond acceptors (Lipinski definition) is 5. The van der Waals surface area contributed by atoms with Gasteiger partial charge in [-0.25, -0.2) is 9.37 Å². The van der Waals surface area contributed by atoms with Crippen LogP contribution in [0, 0.1) is 5.82 Å². The minimum atomic E-state index is -0.521. The molecule has 1 unspecified atom stereocenters. The second-order valence-electron chi connectivity index (χ2n) is 5.60. The molecule has 0 spiro atoms. The predicted octanol–water partition coefficient (Wildman–Crippen LogP) is 3.42. The van der Waals surface area contributed by atoms with E-state index in [1.165, 1.54) is 28.0 Å². The summed E-state index contributed by atoms with van der Waals surface area (Å²) in [5.74, 6) is -0.817. The monoisotopic (exact) mass is 389 g/mol. The van der Waals surface area contributed by atoms with Crippen LogP contribution >= 0.6 is 23.1 Å². The molecule has 8 heteroatoms. The van der Waals surface area contributed by atoms with Crippen molar-refractivity contribution >= 4 is 39.2 Å². The fourth-order valence-electron chi connectivity index (χ4n) is 2.44. The number of rotatable bonds is 6. The molecule has 2 N–H and O–H groups in total. The van der Waals surface area contributed by atoms with E-state index in [1.54, 1.807) is 25.1 Å². The van der Waals surface area contributed by atoms with E-state index in [2.05, 4.69) is 11.6 Å². The third kappa shape index (κ3) is 3.42. The number of fused-ring (bicyclic) bond motifs is 1. The average molecular weight is 389 g/mol. The standard InChI is InChI=1S/C18H16FN3O2S2/c1-3-8-22-17(24)14-13(11-4-6-12(19)7-5-11)9-25-16(14)21-18(22)26-10(2)15(20)23/h3-7,9-10H,1,8H2,2H3,(H2,20,23). The van der Waals surface area contributed by atoms with Crippen molar-refractivity contribution in [1.29, 1.82) is 0 Å². The van der Waals surface area contributed by atoms with E-state index in [-0.39, 0.29) is 17.9 Å².